The van der Waals surface area contributed by atoms with E-state index in [1.807, 2.05) is 6.07 Å². The van der Waals surface area contributed by atoms with Gasteiger partial charge < -0.3 is 10.1 Å². The summed E-state index contributed by atoms with van der Waals surface area (Å²) in [5, 5.41) is 3.73. The standard InChI is InChI=1S/C22H29NO.ClH/c1-18-11-13-19(14-12-18)17-24-22-10-6-7-20(15-22)16-23-21-8-4-2-3-5-9-21;/h6-7,10-15,21,23H,2-5,8-9,16-17H2,1H3;1H. The van der Waals surface area contributed by atoms with Gasteiger partial charge in [0.25, 0.3) is 0 Å². The largest absolute Gasteiger partial charge is 0.489 e. The van der Waals surface area contributed by atoms with Gasteiger partial charge in [0.15, 0.2) is 0 Å². The van der Waals surface area contributed by atoms with Crippen molar-refractivity contribution in [1.82, 2.24) is 5.32 Å². The smallest absolute Gasteiger partial charge is 0.120 e. The van der Waals surface area contributed by atoms with Gasteiger partial charge >= 0.3 is 0 Å². The zero-order valence-corrected chi connectivity index (χ0v) is 16.0. The highest BCUT2D eigenvalue weighted by molar-refractivity contribution is 5.85. The van der Waals surface area contributed by atoms with E-state index in [2.05, 4.69) is 54.7 Å². The lowest BCUT2D eigenvalue weighted by Crippen LogP contribution is -2.27. The Hall–Kier alpha value is -1.51. The third-order valence-electron chi connectivity index (χ3n) is 4.87. The number of hydrogen-bond donors (Lipinski definition) is 1. The third kappa shape index (κ3) is 6.72. The first kappa shape index (κ1) is 19.8. The van der Waals surface area contributed by atoms with Gasteiger partial charge in [0.1, 0.15) is 12.4 Å². The number of ether oxygens (including phenoxy) is 1. The van der Waals surface area contributed by atoms with Crippen molar-refractivity contribution < 1.29 is 4.74 Å². The monoisotopic (exact) mass is 359 g/mol. The molecule has 0 aliphatic heterocycles. The van der Waals surface area contributed by atoms with E-state index in [1.165, 1.54) is 55.2 Å². The predicted molar refractivity (Wildman–Crippen MR) is 108 cm³/mol. The summed E-state index contributed by atoms with van der Waals surface area (Å²) < 4.78 is 5.96. The average Bonchev–Trinajstić information content (AvgIpc) is 2.89. The summed E-state index contributed by atoms with van der Waals surface area (Å²) in [6.45, 7) is 3.67. The van der Waals surface area contributed by atoms with Crippen molar-refractivity contribution in [1.29, 1.82) is 0 Å². The summed E-state index contributed by atoms with van der Waals surface area (Å²) in [7, 11) is 0. The van der Waals surface area contributed by atoms with Crippen LogP contribution < -0.4 is 10.1 Å². The summed E-state index contributed by atoms with van der Waals surface area (Å²) in [5.41, 5.74) is 3.80. The van der Waals surface area contributed by atoms with E-state index < -0.39 is 0 Å². The minimum Gasteiger partial charge on any atom is -0.489 e. The Morgan fingerprint density at radius 3 is 2.36 bits per heavy atom. The number of halogens is 1. The first-order valence-electron chi connectivity index (χ1n) is 9.30. The van der Waals surface area contributed by atoms with Crippen LogP contribution in [0.3, 0.4) is 0 Å². The van der Waals surface area contributed by atoms with E-state index >= 15 is 0 Å². The lowest BCUT2D eigenvalue weighted by Gasteiger charge is -2.16. The molecule has 1 N–H and O–H groups in total. The molecule has 0 radical (unpaired) electrons. The van der Waals surface area contributed by atoms with E-state index in [1.54, 1.807) is 0 Å². The van der Waals surface area contributed by atoms with Crippen LogP contribution in [0.15, 0.2) is 48.5 Å². The zero-order valence-electron chi connectivity index (χ0n) is 15.2. The topological polar surface area (TPSA) is 21.3 Å². The molecule has 1 aliphatic rings. The second-order valence-corrected chi connectivity index (χ2v) is 6.99. The lowest BCUT2D eigenvalue weighted by atomic mass is 10.1. The fraction of sp³-hybridized carbons (Fsp3) is 0.455. The lowest BCUT2D eigenvalue weighted by molar-refractivity contribution is 0.305. The summed E-state index contributed by atoms with van der Waals surface area (Å²) in [5.74, 6) is 0.954. The molecule has 0 heterocycles. The molecule has 0 bridgehead atoms. The van der Waals surface area contributed by atoms with Crippen molar-refractivity contribution in [2.24, 2.45) is 0 Å². The minimum absolute atomic E-state index is 0. The molecule has 0 atom stereocenters. The molecule has 3 rings (SSSR count). The molecule has 2 nitrogen and oxygen atoms in total. The van der Waals surface area contributed by atoms with Crippen LogP contribution in [0.1, 0.15) is 55.2 Å². The SMILES string of the molecule is Cc1ccc(COc2cccc(CNC3CCCCCC3)c2)cc1.Cl. The summed E-state index contributed by atoms with van der Waals surface area (Å²) in [4.78, 5) is 0. The Labute approximate surface area is 158 Å². The summed E-state index contributed by atoms with van der Waals surface area (Å²) in [6.07, 6.45) is 8.20. The van der Waals surface area contributed by atoms with Gasteiger partial charge in [0.2, 0.25) is 0 Å². The maximum absolute atomic E-state index is 5.96. The number of rotatable bonds is 6. The molecule has 3 heteroatoms. The van der Waals surface area contributed by atoms with Gasteiger partial charge in [0, 0.05) is 12.6 Å². The molecule has 1 saturated carbocycles. The van der Waals surface area contributed by atoms with Gasteiger partial charge in [-0.25, -0.2) is 0 Å². The Morgan fingerprint density at radius 1 is 0.920 bits per heavy atom. The van der Waals surface area contributed by atoms with Gasteiger partial charge in [-0.05, 0) is 43.0 Å². The van der Waals surface area contributed by atoms with Gasteiger partial charge in [-0.3, -0.25) is 0 Å². The quantitative estimate of drug-likeness (QED) is 0.657. The molecule has 136 valence electrons. The fourth-order valence-corrected chi connectivity index (χ4v) is 3.34. The van der Waals surface area contributed by atoms with Crippen molar-refractivity contribution >= 4 is 12.4 Å². The fourth-order valence-electron chi connectivity index (χ4n) is 3.34. The van der Waals surface area contributed by atoms with E-state index in [0.29, 0.717) is 12.6 Å². The van der Waals surface area contributed by atoms with Crippen LogP contribution in [0.25, 0.3) is 0 Å². The van der Waals surface area contributed by atoms with Crippen molar-refractivity contribution in [2.75, 3.05) is 0 Å². The highest BCUT2D eigenvalue weighted by Gasteiger charge is 2.11. The van der Waals surface area contributed by atoms with E-state index in [9.17, 15) is 0 Å². The van der Waals surface area contributed by atoms with Crippen LogP contribution in [0.5, 0.6) is 5.75 Å². The van der Waals surface area contributed by atoms with Crippen molar-refractivity contribution in [3.8, 4) is 5.75 Å². The maximum Gasteiger partial charge on any atom is 0.120 e. The normalized spacial score (nSPS) is 15.2. The number of aryl methyl sites for hydroxylation is 1. The summed E-state index contributed by atoms with van der Waals surface area (Å²) in [6, 6.07) is 17.7. The Morgan fingerprint density at radius 2 is 1.64 bits per heavy atom. The second-order valence-electron chi connectivity index (χ2n) is 6.99. The molecule has 0 saturated heterocycles. The molecule has 1 fully saturated rings. The number of hydrogen-bond acceptors (Lipinski definition) is 2. The molecule has 0 amide bonds. The van der Waals surface area contributed by atoms with Crippen LogP contribution in [0.2, 0.25) is 0 Å². The molecule has 1 aliphatic carbocycles. The predicted octanol–water partition coefficient (Wildman–Crippen LogP) is 5.81. The third-order valence-corrected chi connectivity index (χ3v) is 4.87. The minimum atomic E-state index is 0. The molecule has 0 spiro atoms. The molecular formula is C22H30ClNO. The molecule has 0 aromatic heterocycles. The molecule has 0 unspecified atom stereocenters. The van der Waals surface area contributed by atoms with Crippen LogP contribution >= 0.6 is 12.4 Å². The maximum atomic E-state index is 5.96. The summed E-state index contributed by atoms with van der Waals surface area (Å²) >= 11 is 0. The van der Waals surface area contributed by atoms with Crippen molar-refractivity contribution in [3.05, 3.63) is 65.2 Å². The van der Waals surface area contributed by atoms with Crippen LogP contribution in [-0.4, -0.2) is 6.04 Å². The van der Waals surface area contributed by atoms with Crippen molar-refractivity contribution in [3.63, 3.8) is 0 Å². The number of benzene rings is 2. The molecule has 2 aromatic rings. The highest BCUT2D eigenvalue weighted by atomic mass is 35.5. The van der Waals surface area contributed by atoms with Gasteiger partial charge in [-0.2, -0.15) is 0 Å². The van der Waals surface area contributed by atoms with Crippen LogP contribution in [-0.2, 0) is 13.2 Å². The molecule has 2 aromatic carbocycles. The van der Waals surface area contributed by atoms with Gasteiger partial charge in [-0.15, -0.1) is 12.4 Å². The Kier molecular flexibility index (Phi) is 8.30. The Balaban J connectivity index is 0.00000225. The highest BCUT2D eigenvalue weighted by Crippen LogP contribution is 2.19. The van der Waals surface area contributed by atoms with Crippen molar-refractivity contribution in [2.45, 2.75) is 64.6 Å². The second kappa shape index (κ2) is 10.5. The van der Waals surface area contributed by atoms with E-state index in [0.717, 1.165) is 12.3 Å². The van der Waals surface area contributed by atoms with Crippen LogP contribution in [0, 0.1) is 6.92 Å². The van der Waals surface area contributed by atoms with Gasteiger partial charge in [0.05, 0.1) is 0 Å². The molecule has 25 heavy (non-hydrogen) atoms. The molecular weight excluding hydrogens is 330 g/mol. The zero-order chi connectivity index (χ0) is 16.6. The van der Waals surface area contributed by atoms with E-state index in [4.69, 9.17) is 4.74 Å². The number of nitrogens with one attached hydrogen (secondary N) is 1. The average molecular weight is 360 g/mol. The van der Waals surface area contributed by atoms with Crippen LogP contribution in [0.4, 0.5) is 0 Å². The van der Waals surface area contributed by atoms with E-state index in [-0.39, 0.29) is 12.4 Å². The Bertz CT molecular complexity index is 618. The first-order valence-corrected chi connectivity index (χ1v) is 9.30. The first-order chi connectivity index (χ1) is 11.8. The van der Waals surface area contributed by atoms with Gasteiger partial charge in [-0.1, -0.05) is 67.6 Å².